The van der Waals surface area contributed by atoms with Crippen molar-refractivity contribution < 1.29 is 24.6 Å². The number of amides is 2. The summed E-state index contributed by atoms with van der Waals surface area (Å²) in [6, 6.07) is 8.35. The van der Waals surface area contributed by atoms with Crippen molar-refractivity contribution in [3.8, 4) is 0 Å². The van der Waals surface area contributed by atoms with Crippen LogP contribution in [0.3, 0.4) is 0 Å². The lowest BCUT2D eigenvalue weighted by Crippen LogP contribution is -2.48. The number of aliphatic hydroxyl groups is 1. The van der Waals surface area contributed by atoms with Crippen LogP contribution in [0.2, 0.25) is 0 Å². The van der Waals surface area contributed by atoms with E-state index in [2.05, 4.69) is 10.6 Å². The van der Waals surface area contributed by atoms with Crippen LogP contribution in [0.4, 0.5) is 0 Å². The molecule has 0 spiro atoms. The number of rotatable bonds is 6. The Morgan fingerprint density at radius 1 is 1.15 bits per heavy atom. The van der Waals surface area contributed by atoms with Crippen LogP contribution in [0, 0.1) is 0 Å². The smallest absolute Gasteiger partial charge is 0.337 e. The lowest BCUT2D eigenvalue weighted by molar-refractivity contribution is -0.156. The number of carboxylic acid groups (broad SMARTS) is 1. The molecule has 1 rings (SSSR count). The second-order valence-corrected chi connectivity index (χ2v) is 4.40. The Bertz CT molecular complexity index is 499. The third-order valence-electron chi connectivity index (χ3n) is 2.54. The van der Waals surface area contributed by atoms with Gasteiger partial charge in [0.25, 0.3) is 5.91 Å². The predicted octanol–water partition coefficient (Wildman–Crippen LogP) is -0.632. The maximum Gasteiger partial charge on any atom is 0.337 e. The SMILES string of the molecule is CC(O)(CNC(=O)CNC(=O)c1ccccc1)C(=O)O. The van der Waals surface area contributed by atoms with Crippen molar-refractivity contribution in [3.05, 3.63) is 35.9 Å². The fourth-order valence-electron chi connectivity index (χ4n) is 1.26. The van der Waals surface area contributed by atoms with Crippen molar-refractivity contribution >= 4 is 17.8 Å². The van der Waals surface area contributed by atoms with E-state index in [0.717, 1.165) is 6.92 Å². The van der Waals surface area contributed by atoms with Crippen LogP contribution in [0.15, 0.2) is 30.3 Å². The lowest BCUT2D eigenvalue weighted by Gasteiger charge is -2.18. The van der Waals surface area contributed by atoms with Gasteiger partial charge in [-0.1, -0.05) is 18.2 Å². The largest absolute Gasteiger partial charge is 0.479 e. The van der Waals surface area contributed by atoms with E-state index in [0.29, 0.717) is 5.56 Å². The Hall–Kier alpha value is -2.41. The van der Waals surface area contributed by atoms with Gasteiger partial charge in [-0.2, -0.15) is 0 Å². The molecule has 0 aliphatic rings. The van der Waals surface area contributed by atoms with E-state index in [4.69, 9.17) is 5.11 Å². The van der Waals surface area contributed by atoms with Gasteiger partial charge in [0.1, 0.15) is 0 Å². The molecule has 0 bridgehead atoms. The zero-order valence-corrected chi connectivity index (χ0v) is 10.9. The van der Waals surface area contributed by atoms with Gasteiger partial charge in [-0.3, -0.25) is 9.59 Å². The number of hydrogen-bond donors (Lipinski definition) is 4. The summed E-state index contributed by atoms with van der Waals surface area (Å²) in [6.45, 7) is 0.323. The molecule has 1 atom stereocenters. The first-order valence-corrected chi connectivity index (χ1v) is 5.88. The highest BCUT2D eigenvalue weighted by molar-refractivity contribution is 5.96. The van der Waals surface area contributed by atoms with E-state index in [1.54, 1.807) is 30.3 Å². The van der Waals surface area contributed by atoms with Crippen LogP contribution < -0.4 is 10.6 Å². The summed E-state index contributed by atoms with van der Waals surface area (Å²) in [6.07, 6.45) is 0. The van der Waals surface area contributed by atoms with Crippen LogP contribution >= 0.6 is 0 Å². The van der Waals surface area contributed by atoms with Gasteiger partial charge in [0.15, 0.2) is 5.60 Å². The molecule has 1 unspecified atom stereocenters. The first kappa shape index (κ1) is 15.6. The minimum Gasteiger partial charge on any atom is -0.479 e. The topological polar surface area (TPSA) is 116 Å². The standard InChI is InChI=1S/C13H16N2O5/c1-13(20,12(18)19)8-15-10(16)7-14-11(17)9-5-3-2-4-6-9/h2-6,20H,7-8H2,1H3,(H,14,17)(H,15,16)(H,18,19). The molecule has 0 saturated heterocycles. The van der Waals surface area contributed by atoms with Crippen molar-refractivity contribution in [1.29, 1.82) is 0 Å². The summed E-state index contributed by atoms with van der Waals surface area (Å²) < 4.78 is 0. The summed E-state index contributed by atoms with van der Waals surface area (Å²) in [4.78, 5) is 33.7. The molecule has 2 amide bonds. The fourth-order valence-corrected chi connectivity index (χ4v) is 1.26. The molecule has 0 aromatic heterocycles. The maximum absolute atomic E-state index is 11.6. The first-order valence-electron chi connectivity index (χ1n) is 5.88. The Balaban J connectivity index is 2.37. The number of nitrogens with one attached hydrogen (secondary N) is 2. The molecule has 20 heavy (non-hydrogen) atoms. The maximum atomic E-state index is 11.6. The van der Waals surface area contributed by atoms with Gasteiger partial charge >= 0.3 is 5.97 Å². The molecule has 7 heteroatoms. The molecule has 1 aromatic rings. The van der Waals surface area contributed by atoms with Gasteiger partial charge in [-0.25, -0.2) is 4.79 Å². The molecule has 108 valence electrons. The van der Waals surface area contributed by atoms with Crippen molar-refractivity contribution in [2.24, 2.45) is 0 Å². The van der Waals surface area contributed by atoms with Gasteiger partial charge in [0.2, 0.25) is 5.91 Å². The second kappa shape index (κ2) is 6.67. The van der Waals surface area contributed by atoms with E-state index in [1.165, 1.54) is 0 Å². The van der Waals surface area contributed by atoms with Gasteiger partial charge in [0, 0.05) is 5.56 Å². The minimum absolute atomic E-state index is 0.302. The Kier molecular flexibility index (Phi) is 5.22. The monoisotopic (exact) mass is 280 g/mol. The molecule has 0 heterocycles. The fraction of sp³-hybridized carbons (Fsp3) is 0.308. The summed E-state index contributed by atoms with van der Waals surface area (Å²) in [5, 5.41) is 22.7. The van der Waals surface area contributed by atoms with Gasteiger partial charge in [-0.15, -0.1) is 0 Å². The van der Waals surface area contributed by atoms with Crippen molar-refractivity contribution in [2.75, 3.05) is 13.1 Å². The van der Waals surface area contributed by atoms with Crippen molar-refractivity contribution in [2.45, 2.75) is 12.5 Å². The predicted molar refractivity (Wildman–Crippen MR) is 70.0 cm³/mol. The average Bonchev–Trinajstić information content (AvgIpc) is 2.43. The second-order valence-electron chi connectivity index (χ2n) is 4.40. The molecule has 1 aromatic carbocycles. The quantitative estimate of drug-likeness (QED) is 0.553. The Labute approximate surface area is 115 Å². The van der Waals surface area contributed by atoms with E-state index in [1.807, 2.05) is 0 Å². The number of aliphatic carboxylic acids is 1. The van der Waals surface area contributed by atoms with Crippen LogP contribution in [0.25, 0.3) is 0 Å². The highest BCUT2D eigenvalue weighted by Crippen LogP contribution is 2.00. The summed E-state index contributed by atoms with van der Waals surface area (Å²) in [7, 11) is 0. The van der Waals surface area contributed by atoms with E-state index in [-0.39, 0.29) is 6.54 Å². The summed E-state index contributed by atoms with van der Waals surface area (Å²) >= 11 is 0. The molecule has 0 aliphatic heterocycles. The van der Waals surface area contributed by atoms with Crippen LogP contribution in [-0.4, -0.2) is 46.7 Å². The molecule has 0 radical (unpaired) electrons. The lowest BCUT2D eigenvalue weighted by atomic mass is 10.1. The minimum atomic E-state index is -2.04. The highest BCUT2D eigenvalue weighted by Gasteiger charge is 2.30. The molecule has 0 saturated carbocycles. The molecular weight excluding hydrogens is 264 g/mol. The zero-order valence-electron chi connectivity index (χ0n) is 10.9. The van der Waals surface area contributed by atoms with Crippen LogP contribution in [0.1, 0.15) is 17.3 Å². The Morgan fingerprint density at radius 3 is 2.30 bits per heavy atom. The zero-order chi connectivity index (χ0) is 15.2. The van der Waals surface area contributed by atoms with E-state index < -0.39 is 29.9 Å². The Morgan fingerprint density at radius 2 is 1.75 bits per heavy atom. The van der Waals surface area contributed by atoms with Crippen molar-refractivity contribution in [1.82, 2.24) is 10.6 Å². The highest BCUT2D eigenvalue weighted by atomic mass is 16.4. The summed E-state index contributed by atoms with van der Waals surface area (Å²) in [5.74, 6) is -2.44. The normalized spacial score (nSPS) is 13.1. The summed E-state index contributed by atoms with van der Waals surface area (Å²) in [5.41, 5.74) is -1.63. The van der Waals surface area contributed by atoms with Gasteiger partial charge in [0.05, 0.1) is 13.1 Å². The van der Waals surface area contributed by atoms with Gasteiger partial charge in [-0.05, 0) is 19.1 Å². The molecule has 7 nitrogen and oxygen atoms in total. The third kappa shape index (κ3) is 4.69. The number of hydrogen-bond acceptors (Lipinski definition) is 4. The first-order chi connectivity index (χ1) is 9.33. The molecular formula is C13H16N2O5. The molecule has 0 fully saturated rings. The van der Waals surface area contributed by atoms with Crippen molar-refractivity contribution in [3.63, 3.8) is 0 Å². The third-order valence-corrected chi connectivity index (χ3v) is 2.54. The number of carbonyl (C=O) groups excluding carboxylic acids is 2. The average molecular weight is 280 g/mol. The molecule has 0 aliphatic carbocycles. The number of carboxylic acids is 1. The van der Waals surface area contributed by atoms with E-state index in [9.17, 15) is 19.5 Å². The van der Waals surface area contributed by atoms with Crippen LogP contribution in [0.5, 0.6) is 0 Å². The number of carbonyl (C=O) groups is 3. The number of benzene rings is 1. The molecule has 4 N–H and O–H groups in total. The van der Waals surface area contributed by atoms with Crippen LogP contribution in [-0.2, 0) is 9.59 Å². The van der Waals surface area contributed by atoms with Gasteiger partial charge < -0.3 is 20.8 Å². The van der Waals surface area contributed by atoms with E-state index >= 15 is 0 Å².